The minimum atomic E-state index is -0.105. The highest BCUT2D eigenvalue weighted by atomic mass is 32.1. The Labute approximate surface area is 142 Å². The lowest BCUT2D eigenvalue weighted by Gasteiger charge is -2.11. The van der Waals surface area contributed by atoms with Crippen molar-refractivity contribution in [1.82, 2.24) is 9.97 Å². The first-order valence-corrected chi connectivity index (χ1v) is 8.48. The van der Waals surface area contributed by atoms with Crippen LogP contribution < -0.4 is 10.3 Å². The number of hydrogen-bond donors (Lipinski definition) is 1. The van der Waals surface area contributed by atoms with Gasteiger partial charge < -0.3 is 9.72 Å². The summed E-state index contributed by atoms with van der Waals surface area (Å²) in [6, 6.07) is 11.9. The van der Waals surface area contributed by atoms with Crippen molar-refractivity contribution in [3.8, 4) is 17.1 Å². The Hall–Kier alpha value is -2.66. The first-order chi connectivity index (χ1) is 11.6. The van der Waals surface area contributed by atoms with Crippen molar-refractivity contribution < 1.29 is 4.74 Å². The van der Waals surface area contributed by atoms with Crippen molar-refractivity contribution >= 4 is 32.3 Å². The van der Waals surface area contributed by atoms with Gasteiger partial charge in [0.05, 0.1) is 18.1 Å². The number of H-pyrrole nitrogens is 1. The minimum absolute atomic E-state index is 0.105. The van der Waals surface area contributed by atoms with Crippen LogP contribution in [0.3, 0.4) is 0 Å². The van der Waals surface area contributed by atoms with Crippen LogP contribution in [0.1, 0.15) is 10.4 Å². The highest BCUT2D eigenvalue weighted by Crippen LogP contribution is 2.36. The van der Waals surface area contributed by atoms with Crippen LogP contribution in [0.4, 0.5) is 0 Å². The van der Waals surface area contributed by atoms with Crippen molar-refractivity contribution in [2.45, 2.75) is 13.8 Å². The van der Waals surface area contributed by atoms with Gasteiger partial charge in [-0.05, 0) is 36.2 Å². The summed E-state index contributed by atoms with van der Waals surface area (Å²) in [5.74, 6) is 1.24. The third kappa shape index (κ3) is 2.12. The second-order valence-corrected chi connectivity index (χ2v) is 6.95. The van der Waals surface area contributed by atoms with Gasteiger partial charge in [-0.25, -0.2) is 4.98 Å². The van der Waals surface area contributed by atoms with Gasteiger partial charge in [0.25, 0.3) is 5.56 Å². The Bertz CT molecular complexity index is 1140. The maximum atomic E-state index is 12.6. The van der Waals surface area contributed by atoms with E-state index in [1.54, 1.807) is 18.4 Å². The summed E-state index contributed by atoms with van der Waals surface area (Å²) in [6.45, 7) is 3.97. The summed E-state index contributed by atoms with van der Waals surface area (Å²) in [5, 5.41) is 2.76. The van der Waals surface area contributed by atoms with Crippen molar-refractivity contribution in [3.63, 3.8) is 0 Å². The highest BCUT2D eigenvalue weighted by Gasteiger charge is 2.17. The fraction of sp³-hybridized carbons (Fsp3) is 0.158. The molecule has 2 heterocycles. The Morgan fingerprint density at radius 2 is 1.92 bits per heavy atom. The standard InChI is InChI=1S/C19H16N2O2S/c1-10-11(2)24-19-15(10)18(22)20-17(21-19)16-13-7-5-4-6-12(13)8-9-14(16)23-3/h4-9H,1-3H3,(H,20,21,22). The Morgan fingerprint density at radius 3 is 2.71 bits per heavy atom. The summed E-state index contributed by atoms with van der Waals surface area (Å²) in [7, 11) is 1.63. The van der Waals surface area contributed by atoms with Gasteiger partial charge in [0.2, 0.25) is 0 Å². The number of aryl methyl sites for hydroxylation is 2. The van der Waals surface area contributed by atoms with Crippen molar-refractivity contribution in [2.75, 3.05) is 7.11 Å². The van der Waals surface area contributed by atoms with Crippen LogP contribution in [0, 0.1) is 13.8 Å². The fourth-order valence-corrected chi connectivity index (χ4v) is 4.07. The molecule has 0 aliphatic rings. The lowest BCUT2D eigenvalue weighted by atomic mass is 10.0. The number of ether oxygens (including phenoxy) is 1. The number of benzene rings is 2. The SMILES string of the molecule is COc1ccc2ccccc2c1-c1nc2sc(C)c(C)c2c(=O)[nH]1. The van der Waals surface area contributed by atoms with E-state index in [4.69, 9.17) is 9.72 Å². The molecule has 0 atom stereocenters. The second-order valence-electron chi connectivity index (χ2n) is 5.74. The van der Waals surface area contributed by atoms with Gasteiger partial charge in [-0.3, -0.25) is 4.79 Å². The van der Waals surface area contributed by atoms with E-state index in [9.17, 15) is 4.79 Å². The monoisotopic (exact) mass is 336 g/mol. The van der Waals surface area contributed by atoms with Gasteiger partial charge in [-0.1, -0.05) is 30.3 Å². The lowest BCUT2D eigenvalue weighted by molar-refractivity contribution is 0.416. The topological polar surface area (TPSA) is 55.0 Å². The number of nitrogens with one attached hydrogen (secondary N) is 1. The molecule has 2 aromatic carbocycles. The number of rotatable bonds is 2. The third-order valence-corrected chi connectivity index (χ3v) is 5.49. The molecule has 4 rings (SSSR count). The van der Waals surface area contributed by atoms with Gasteiger partial charge in [0, 0.05) is 4.88 Å². The fourth-order valence-electron chi connectivity index (χ4n) is 3.04. The van der Waals surface area contributed by atoms with Gasteiger partial charge in [0.1, 0.15) is 16.4 Å². The Kier molecular flexibility index (Phi) is 3.39. The smallest absolute Gasteiger partial charge is 0.260 e. The van der Waals surface area contributed by atoms with Crippen LogP contribution in [0.5, 0.6) is 5.75 Å². The summed E-state index contributed by atoms with van der Waals surface area (Å²) in [6.07, 6.45) is 0. The molecule has 0 saturated heterocycles. The minimum Gasteiger partial charge on any atom is -0.496 e. The predicted molar refractivity (Wildman–Crippen MR) is 99.2 cm³/mol. The largest absolute Gasteiger partial charge is 0.496 e. The van der Waals surface area contributed by atoms with Crippen molar-refractivity contribution in [1.29, 1.82) is 0 Å². The van der Waals surface area contributed by atoms with E-state index in [-0.39, 0.29) is 5.56 Å². The van der Waals surface area contributed by atoms with E-state index in [0.29, 0.717) is 17.0 Å². The molecule has 0 aliphatic heterocycles. The molecule has 4 aromatic rings. The van der Waals surface area contributed by atoms with Gasteiger partial charge in [0.15, 0.2) is 0 Å². The lowest BCUT2D eigenvalue weighted by Crippen LogP contribution is -2.09. The van der Waals surface area contributed by atoms with Crippen molar-refractivity contribution in [2.24, 2.45) is 0 Å². The molecule has 120 valence electrons. The quantitative estimate of drug-likeness (QED) is 0.589. The number of aromatic amines is 1. The van der Waals surface area contributed by atoms with Gasteiger partial charge >= 0.3 is 0 Å². The first-order valence-electron chi connectivity index (χ1n) is 7.66. The summed E-state index contributed by atoms with van der Waals surface area (Å²) >= 11 is 1.55. The van der Waals surface area contributed by atoms with Crippen LogP contribution in [0.2, 0.25) is 0 Å². The molecule has 0 saturated carbocycles. The molecular weight excluding hydrogens is 320 g/mol. The van der Waals surface area contributed by atoms with E-state index in [1.807, 2.05) is 50.2 Å². The van der Waals surface area contributed by atoms with Crippen LogP contribution in [0.25, 0.3) is 32.4 Å². The average molecular weight is 336 g/mol. The van der Waals surface area contributed by atoms with E-state index in [1.165, 1.54) is 0 Å². The maximum Gasteiger partial charge on any atom is 0.260 e. The predicted octanol–water partition coefficient (Wildman–Crippen LogP) is 4.43. The zero-order chi connectivity index (χ0) is 16.8. The maximum absolute atomic E-state index is 12.6. The number of thiophene rings is 1. The molecule has 1 N–H and O–H groups in total. The molecule has 4 nitrogen and oxygen atoms in total. The zero-order valence-corrected chi connectivity index (χ0v) is 14.5. The third-order valence-electron chi connectivity index (χ3n) is 4.39. The molecule has 0 aliphatic carbocycles. The molecule has 2 aromatic heterocycles. The van der Waals surface area contributed by atoms with Crippen LogP contribution in [-0.2, 0) is 0 Å². The van der Waals surface area contributed by atoms with Crippen LogP contribution >= 0.6 is 11.3 Å². The number of aromatic nitrogens is 2. The second kappa shape index (κ2) is 5.46. The number of methoxy groups -OCH3 is 1. The number of nitrogens with zero attached hydrogens (tertiary/aromatic N) is 1. The number of fused-ring (bicyclic) bond motifs is 2. The zero-order valence-electron chi connectivity index (χ0n) is 13.6. The number of hydrogen-bond acceptors (Lipinski definition) is 4. The molecule has 0 spiro atoms. The van der Waals surface area contributed by atoms with E-state index in [2.05, 4.69) is 4.98 Å². The molecule has 0 unspecified atom stereocenters. The average Bonchev–Trinajstić information content (AvgIpc) is 2.88. The highest BCUT2D eigenvalue weighted by molar-refractivity contribution is 7.18. The molecule has 24 heavy (non-hydrogen) atoms. The van der Waals surface area contributed by atoms with E-state index >= 15 is 0 Å². The summed E-state index contributed by atoms with van der Waals surface area (Å²) < 4.78 is 5.53. The summed E-state index contributed by atoms with van der Waals surface area (Å²) in [5.41, 5.74) is 1.71. The van der Waals surface area contributed by atoms with Crippen LogP contribution in [-0.4, -0.2) is 17.1 Å². The van der Waals surface area contributed by atoms with Gasteiger partial charge in [-0.2, -0.15) is 0 Å². The molecule has 0 radical (unpaired) electrons. The van der Waals surface area contributed by atoms with Crippen LogP contribution in [0.15, 0.2) is 41.2 Å². The van der Waals surface area contributed by atoms with E-state index < -0.39 is 0 Å². The van der Waals surface area contributed by atoms with Crippen molar-refractivity contribution in [3.05, 3.63) is 57.2 Å². The van der Waals surface area contributed by atoms with Gasteiger partial charge in [-0.15, -0.1) is 11.3 Å². The normalized spacial score (nSPS) is 11.3. The first kappa shape index (κ1) is 14.9. The molecular formula is C19H16N2O2S. The molecule has 0 bridgehead atoms. The molecule has 0 amide bonds. The molecule has 0 fully saturated rings. The Balaban J connectivity index is 2.11. The summed E-state index contributed by atoms with van der Waals surface area (Å²) in [4.78, 5) is 22.2. The van der Waals surface area contributed by atoms with E-state index in [0.717, 1.165) is 31.6 Å². The molecule has 5 heteroatoms. The Morgan fingerprint density at radius 1 is 1.12 bits per heavy atom.